The van der Waals surface area contributed by atoms with E-state index in [4.69, 9.17) is 35.6 Å². The van der Waals surface area contributed by atoms with Gasteiger partial charge in [-0.25, -0.2) is 4.79 Å². The Bertz CT molecular complexity index is 1010. The third-order valence-corrected chi connectivity index (χ3v) is 4.48. The Balaban J connectivity index is 2.56. The second-order valence-corrected chi connectivity index (χ2v) is 6.85. The van der Waals surface area contributed by atoms with Crippen molar-refractivity contribution < 1.29 is 33.7 Å². The van der Waals surface area contributed by atoms with E-state index < -0.39 is 24.5 Å². The van der Waals surface area contributed by atoms with Gasteiger partial charge in [0.25, 0.3) is 5.91 Å². The Morgan fingerprint density at radius 3 is 2.09 bits per heavy atom. The SMILES string of the molecule is CCOC(=O)C(Nc1ccc(/C(N)=N/O)cc1)c1cc(OCC)c(OCC)cc1OCC(N)=O. The van der Waals surface area contributed by atoms with Gasteiger partial charge in [-0.15, -0.1) is 0 Å². The van der Waals surface area contributed by atoms with Crippen LogP contribution in [-0.4, -0.2) is 49.3 Å². The van der Waals surface area contributed by atoms with Crippen molar-refractivity contribution in [1.29, 1.82) is 0 Å². The van der Waals surface area contributed by atoms with Gasteiger partial charge in [-0.1, -0.05) is 5.16 Å². The van der Waals surface area contributed by atoms with Crippen LogP contribution in [0.2, 0.25) is 0 Å². The fraction of sp³-hybridized carbons (Fsp3) is 0.348. The molecule has 1 unspecified atom stereocenters. The summed E-state index contributed by atoms with van der Waals surface area (Å²) in [5, 5.41) is 14.9. The number of benzene rings is 2. The van der Waals surface area contributed by atoms with Gasteiger partial charge in [0.1, 0.15) is 5.75 Å². The number of amidine groups is 1. The van der Waals surface area contributed by atoms with Crippen molar-refractivity contribution in [3.05, 3.63) is 47.5 Å². The van der Waals surface area contributed by atoms with Gasteiger partial charge in [0.2, 0.25) is 0 Å². The molecule has 1 amide bonds. The Morgan fingerprint density at radius 1 is 0.941 bits per heavy atom. The number of primary amides is 1. The zero-order valence-electron chi connectivity index (χ0n) is 19.4. The summed E-state index contributed by atoms with van der Waals surface area (Å²) in [6, 6.07) is 8.66. The van der Waals surface area contributed by atoms with Crippen LogP contribution in [0.25, 0.3) is 0 Å². The highest BCUT2D eigenvalue weighted by Crippen LogP contribution is 2.39. The second-order valence-electron chi connectivity index (χ2n) is 6.85. The summed E-state index contributed by atoms with van der Waals surface area (Å²) in [4.78, 5) is 24.3. The molecular weight excluding hydrogens is 444 g/mol. The highest BCUT2D eigenvalue weighted by atomic mass is 16.5. The van der Waals surface area contributed by atoms with Crippen LogP contribution >= 0.6 is 0 Å². The number of carbonyl (C=O) groups is 2. The number of hydrogen-bond donors (Lipinski definition) is 4. The van der Waals surface area contributed by atoms with E-state index in [-0.39, 0.29) is 18.2 Å². The fourth-order valence-corrected chi connectivity index (χ4v) is 3.04. The van der Waals surface area contributed by atoms with Gasteiger partial charge in [-0.3, -0.25) is 4.79 Å². The summed E-state index contributed by atoms with van der Waals surface area (Å²) in [6.45, 7) is 5.78. The van der Waals surface area contributed by atoms with Gasteiger partial charge in [0, 0.05) is 22.9 Å². The number of oxime groups is 1. The molecule has 0 saturated heterocycles. The van der Waals surface area contributed by atoms with Crippen LogP contribution in [0, 0.1) is 0 Å². The van der Waals surface area contributed by atoms with Gasteiger partial charge in [-0.05, 0) is 51.1 Å². The number of carbonyl (C=O) groups excluding carboxylic acids is 2. The van der Waals surface area contributed by atoms with Crippen molar-refractivity contribution in [3.63, 3.8) is 0 Å². The molecule has 6 N–H and O–H groups in total. The van der Waals surface area contributed by atoms with Crippen molar-refractivity contribution in [2.24, 2.45) is 16.6 Å². The van der Waals surface area contributed by atoms with Crippen LogP contribution in [0.5, 0.6) is 17.2 Å². The topological polar surface area (TPSA) is 168 Å². The predicted octanol–water partition coefficient (Wildman–Crippen LogP) is 2.16. The summed E-state index contributed by atoms with van der Waals surface area (Å²) in [7, 11) is 0. The molecule has 2 rings (SSSR count). The molecule has 2 aromatic carbocycles. The minimum Gasteiger partial charge on any atom is -0.490 e. The zero-order valence-corrected chi connectivity index (χ0v) is 19.4. The summed E-state index contributed by atoms with van der Waals surface area (Å²) in [5.41, 5.74) is 12.3. The molecule has 0 spiro atoms. The highest BCUT2D eigenvalue weighted by Gasteiger charge is 2.28. The maximum Gasteiger partial charge on any atom is 0.333 e. The number of amides is 1. The lowest BCUT2D eigenvalue weighted by molar-refractivity contribution is -0.144. The molecule has 0 fully saturated rings. The van der Waals surface area contributed by atoms with Gasteiger partial charge >= 0.3 is 5.97 Å². The average Bonchev–Trinajstić information content (AvgIpc) is 2.82. The van der Waals surface area contributed by atoms with Crippen LogP contribution in [0.4, 0.5) is 5.69 Å². The van der Waals surface area contributed by atoms with Gasteiger partial charge in [-0.2, -0.15) is 0 Å². The largest absolute Gasteiger partial charge is 0.490 e. The first kappa shape index (κ1) is 26.1. The molecule has 0 bridgehead atoms. The molecular formula is C23H30N4O7. The van der Waals surface area contributed by atoms with E-state index in [0.717, 1.165) is 0 Å². The monoisotopic (exact) mass is 474 g/mol. The van der Waals surface area contributed by atoms with Crippen molar-refractivity contribution >= 4 is 23.4 Å². The Hall–Kier alpha value is -4.15. The number of nitrogens with two attached hydrogens (primary N) is 2. The van der Waals surface area contributed by atoms with Crippen molar-refractivity contribution in [2.75, 3.05) is 31.7 Å². The normalized spacial score (nSPS) is 11.9. The van der Waals surface area contributed by atoms with Gasteiger partial charge in [0.05, 0.1) is 19.8 Å². The summed E-state index contributed by atoms with van der Waals surface area (Å²) in [6.07, 6.45) is 0. The first-order valence-corrected chi connectivity index (χ1v) is 10.7. The first-order valence-electron chi connectivity index (χ1n) is 10.7. The molecule has 0 radical (unpaired) electrons. The summed E-state index contributed by atoms with van der Waals surface area (Å²) < 4.78 is 22.2. The lowest BCUT2D eigenvalue weighted by Crippen LogP contribution is -2.26. The Morgan fingerprint density at radius 2 is 1.56 bits per heavy atom. The minimum absolute atomic E-state index is 0.0523. The van der Waals surface area contributed by atoms with Crippen molar-refractivity contribution in [2.45, 2.75) is 26.8 Å². The molecule has 1 atom stereocenters. The molecule has 0 aliphatic rings. The fourth-order valence-electron chi connectivity index (χ4n) is 3.04. The number of hydrogen-bond acceptors (Lipinski definition) is 9. The van der Waals surface area contributed by atoms with Gasteiger partial charge < -0.3 is 40.9 Å². The molecule has 11 nitrogen and oxygen atoms in total. The van der Waals surface area contributed by atoms with Crippen molar-refractivity contribution in [1.82, 2.24) is 0 Å². The van der Waals surface area contributed by atoms with E-state index in [1.165, 1.54) is 0 Å². The van der Waals surface area contributed by atoms with E-state index in [1.54, 1.807) is 43.3 Å². The number of rotatable bonds is 13. The van der Waals surface area contributed by atoms with Crippen LogP contribution in [0.15, 0.2) is 41.6 Å². The van der Waals surface area contributed by atoms with E-state index in [2.05, 4.69) is 10.5 Å². The lowest BCUT2D eigenvalue weighted by Gasteiger charge is -2.23. The third kappa shape index (κ3) is 6.92. The van der Waals surface area contributed by atoms with E-state index in [1.807, 2.05) is 13.8 Å². The highest BCUT2D eigenvalue weighted by molar-refractivity contribution is 5.97. The number of anilines is 1. The third-order valence-electron chi connectivity index (χ3n) is 4.48. The molecule has 0 aromatic heterocycles. The van der Waals surface area contributed by atoms with E-state index in [0.29, 0.717) is 41.5 Å². The molecule has 0 heterocycles. The van der Waals surface area contributed by atoms with Crippen LogP contribution in [0.1, 0.15) is 37.9 Å². The standard InChI is InChI=1S/C23H30N4O7/c1-4-31-18-11-16(17(34-13-20(24)28)12-19(18)32-5-2)21(23(29)33-6-3)26-15-9-7-14(8-10-15)22(25)27-30/h7-12,21,26,30H,4-6,13H2,1-3H3,(H2,24,28)(H2,25,27). The van der Waals surface area contributed by atoms with Gasteiger partial charge in [0.15, 0.2) is 30.0 Å². The number of ether oxygens (including phenoxy) is 4. The van der Waals surface area contributed by atoms with Crippen LogP contribution in [0.3, 0.4) is 0 Å². The first-order chi connectivity index (χ1) is 16.3. The van der Waals surface area contributed by atoms with Crippen molar-refractivity contribution in [3.8, 4) is 17.2 Å². The smallest absolute Gasteiger partial charge is 0.333 e. The predicted molar refractivity (Wildman–Crippen MR) is 125 cm³/mol. The minimum atomic E-state index is -1.03. The zero-order chi connectivity index (χ0) is 25.1. The molecule has 34 heavy (non-hydrogen) atoms. The van der Waals surface area contributed by atoms with Crippen LogP contribution < -0.4 is 31.0 Å². The summed E-state index contributed by atoms with van der Waals surface area (Å²) >= 11 is 0. The molecule has 0 aliphatic carbocycles. The molecule has 0 aliphatic heterocycles. The molecule has 2 aromatic rings. The summed E-state index contributed by atoms with van der Waals surface area (Å²) in [5.74, 6) is -0.341. The maximum absolute atomic E-state index is 13.0. The van der Waals surface area contributed by atoms with E-state index >= 15 is 0 Å². The molecule has 184 valence electrons. The van der Waals surface area contributed by atoms with E-state index in [9.17, 15) is 9.59 Å². The number of nitrogens with one attached hydrogen (secondary N) is 1. The van der Waals surface area contributed by atoms with Crippen LogP contribution in [-0.2, 0) is 14.3 Å². The quantitative estimate of drug-likeness (QED) is 0.112. The second kappa shape index (κ2) is 12.8. The molecule has 0 saturated carbocycles. The molecule has 11 heteroatoms. The number of nitrogens with zero attached hydrogens (tertiary/aromatic N) is 1. The Labute approximate surface area is 197 Å². The lowest BCUT2D eigenvalue weighted by atomic mass is 10.0. The Kier molecular flexibility index (Phi) is 9.81. The number of esters is 1. The maximum atomic E-state index is 13.0. The average molecular weight is 475 g/mol.